The summed E-state index contributed by atoms with van der Waals surface area (Å²) in [7, 11) is 0. The van der Waals surface area contributed by atoms with Crippen LogP contribution in [0.15, 0.2) is 72.8 Å². The molecule has 0 aromatic heterocycles. The van der Waals surface area contributed by atoms with Crippen molar-refractivity contribution in [1.29, 1.82) is 5.26 Å². The zero-order chi connectivity index (χ0) is 14.0. The Hall–Kier alpha value is -2.37. The van der Waals surface area contributed by atoms with Gasteiger partial charge in [-0.2, -0.15) is 5.26 Å². The molecular weight excluding hydrogens is 244 g/mol. The molecule has 2 rings (SSSR count). The monoisotopic (exact) mass is 262 g/mol. The fraction of sp³-hybridized carbons (Fsp3) is 0.167. The number of allylic oxidation sites excluding steroid dienone is 1. The van der Waals surface area contributed by atoms with Gasteiger partial charge in [-0.1, -0.05) is 66.7 Å². The van der Waals surface area contributed by atoms with Gasteiger partial charge >= 0.3 is 0 Å². The molecule has 0 atom stereocenters. The fourth-order valence-electron chi connectivity index (χ4n) is 2.12. The van der Waals surface area contributed by atoms with E-state index in [1.807, 2.05) is 24.3 Å². The molecule has 0 amide bonds. The first-order valence-electron chi connectivity index (χ1n) is 6.73. The van der Waals surface area contributed by atoms with Crippen LogP contribution in [0.5, 0.6) is 0 Å². The highest BCUT2D eigenvalue weighted by molar-refractivity contribution is 5.17. The molecule has 0 saturated heterocycles. The summed E-state index contributed by atoms with van der Waals surface area (Å²) in [6.45, 7) is 2.54. The number of rotatable bonds is 6. The molecule has 2 aromatic rings. The van der Waals surface area contributed by atoms with E-state index in [0.717, 1.165) is 19.6 Å². The normalized spacial score (nSPS) is 10.8. The van der Waals surface area contributed by atoms with Gasteiger partial charge in [0.2, 0.25) is 0 Å². The maximum Gasteiger partial charge on any atom is 0.0909 e. The molecule has 0 radical (unpaired) electrons. The van der Waals surface area contributed by atoms with Gasteiger partial charge in [-0.05, 0) is 11.1 Å². The van der Waals surface area contributed by atoms with Gasteiger partial charge in [-0.25, -0.2) is 0 Å². The molecule has 2 heteroatoms. The van der Waals surface area contributed by atoms with Crippen LogP contribution in [0.2, 0.25) is 0 Å². The molecule has 100 valence electrons. The zero-order valence-electron chi connectivity index (χ0n) is 11.4. The van der Waals surface area contributed by atoms with E-state index in [1.165, 1.54) is 11.1 Å². The van der Waals surface area contributed by atoms with Crippen LogP contribution < -0.4 is 0 Å². The summed E-state index contributed by atoms with van der Waals surface area (Å²) in [6, 6.07) is 22.9. The van der Waals surface area contributed by atoms with E-state index in [-0.39, 0.29) is 0 Å². The second-order valence-corrected chi connectivity index (χ2v) is 4.67. The Kier molecular flexibility index (Phi) is 5.57. The van der Waals surface area contributed by atoms with Crippen molar-refractivity contribution in [2.24, 2.45) is 0 Å². The first kappa shape index (κ1) is 14.0. The molecule has 0 heterocycles. The van der Waals surface area contributed by atoms with E-state index >= 15 is 0 Å². The summed E-state index contributed by atoms with van der Waals surface area (Å²) < 4.78 is 0. The lowest BCUT2D eigenvalue weighted by Gasteiger charge is -2.21. The molecule has 0 spiro atoms. The van der Waals surface area contributed by atoms with Crippen molar-refractivity contribution in [2.75, 3.05) is 6.54 Å². The Morgan fingerprint density at radius 2 is 1.35 bits per heavy atom. The third kappa shape index (κ3) is 4.72. The van der Waals surface area contributed by atoms with E-state index in [1.54, 1.807) is 6.08 Å². The van der Waals surface area contributed by atoms with Crippen molar-refractivity contribution >= 4 is 0 Å². The number of hydrogen-bond donors (Lipinski definition) is 0. The Morgan fingerprint density at radius 1 is 0.850 bits per heavy atom. The number of benzene rings is 2. The maximum atomic E-state index is 8.60. The molecule has 0 aliphatic heterocycles. The van der Waals surface area contributed by atoms with Gasteiger partial charge in [0.25, 0.3) is 0 Å². The first-order chi connectivity index (χ1) is 9.88. The van der Waals surface area contributed by atoms with Crippen LogP contribution in [0.1, 0.15) is 11.1 Å². The van der Waals surface area contributed by atoms with Crippen LogP contribution in [0.25, 0.3) is 0 Å². The van der Waals surface area contributed by atoms with Crippen molar-refractivity contribution in [2.45, 2.75) is 13.1 Å². The van der Waals surface area contributed by atoms with Crippen LogP contribution >= 0.6 is 0 Å². The van der Waals surface area contributed by atoms with E-state index in [2.05, 4.69) is 53.4 Å². The third-order valence-corrected chi connectivity index (χ3v) is 3.05. The SMILES string of the molecule is N#C/C=C\CN(Cc1ccccc1)Cc1ccccc1. The minimum absolute atomic E-state index is 0.775. The van der Waals surface area contributed by atoms with E-state index in [0.29, 0.717) is 0 Å². The smallest absolute Gasteiger partial charge is 0.0909 e. The van der Waals surface area contributed by atoms with Crippen molar-refractivity contribution in [3.05, 3.63) is 83.9 Å². The lowest BCUT2D eigenvalue weighted by molar-refractivity contribution is 0.286. The molecule has 0 aliphatic carbocycles. The number of nitrogens with zero attached hydrogens (tertiary/aromatic N) is 2. The van der Waals surface area contributed by atoms with E-state index in [9.17, 15) is 0 Å². The molecule has 0 fully saturated rings. The standard InChI is InChI=1S/C18H18N2/c19-13-7-8-14-20(15-17-9-3-1-4-10-17)16-18-11-5-2-6-12-18/h1-12H,14-16H2/b8-7-. The average Bonchev–Trinajstić information content (AvgIpc) is 2.49. The maximum absolute atomic E-state index is 8.60. The predicted octanol–water partition coefficient (Wildman–Crippen LogP) is 3.77. The largest absolute Gasteiger partial charge is 0.291 e. The Bertz CT molecular complexity index is 526. The molecular formula is C18H18N2. The molecule has 0 saturated carbocycles. The van der Waals surface area contributed by atoms with Gasteiger partial charge < -0.3 is 0 Å². The number of nitriles is 1. The summed E-state index contributed by atoms with van der Waals surface area (Å²) in [4.78, 5) is 2.32. The molecule has 2 nitrogen and oxygen atoms in total. The summed E-state index contributed by atoms with van der Waals surface area (Å²) in [5.74, 6) is 0. The van der Waals surface area contributed by atoms with Crippen molar-refractivity contribution in [3.63, 3.8) is 0 Å². The van der Waals surface area contributed by atoms with Gasteiger partial charge in [0.15, 0.2) is 0 Å². The minimum atomic E-state index is 0.775. The van der Waals surface area contributed by atoms with Gasteiger partial charge in [0.05, 0.1) is 6.07 Å². The summed E-state index contributed by atoms with van der Waals surface area (Å²) in [5.41, 5.74) is 2.57. The fourth-order valence-corrected chi connectivity index (χ4v) is 2.12. The molecule has 2 aromatic carbocycles. The topological polar surface area (TPSA) is 27.0 Å². The Labute approximate surface area is 120 Å². The predicted molar refractivity (Wildman–Crippen MR) is 81.8 cm³/mol. The molecule has 0 aliphatic rings. The van der Waals surface area contributed by atoms with Crippen molar-refractivity contribution < 1.29 is 0 Å². The highest BCUT2D eigenvalue weighted by atomic mass is 15.1. The second kappa shape index (κ2) is 7.93. The third-order valence-electron chi connectivity index (χ3n) is 3.05. The Morgan fingerprint density at radius 3 is 1.80 bits per heavy atom. The lowest BCUT2D eigenvalue weighted by atomic mass is 10.1. The summed E-state index contributed by atoms with van der Waals surface area (Å²) in [6.07, 6.45) is 3.45. The van der Waals surface area contributed by atoms with Crippen LogP contribution in [0.4, 0.5) is 0 Å². The van der Waals surface area contributed by atoms with Gasteiger partial charge in [0, 0.05) is 25.7 Å². The van der Waals surface area contributed by atoms with E-state index in [4.69, 9.17) is 5.26 Å². The molecule has 0 N–H and O–H groups in total. The van der Waals surface area contributed by atoms with Crippen LogP contribution in [0.3, 0.4) is 0 Å². The molecule has 0 bridgehead atoms. The molecule has 0 unspecified atom stereocenters. The van der Waals surface area contributed by atoms with Crippen molar-refractivity contribution in [1.82, 2.24) is 4.90 Å². The zero-order valence-corrected chi connectivity index (χ0v) is 11.4. The quantitative estimate of drug-likeness (QED) is 0.741. The minimum Gasteiger partial charge on any atom is -0.291 e. The van der Waals surface area contributed by atoms with Gasteiger partial charge in [-0.3, -0.25) is 4.90 Å². The number of hydrogen-bond acceptors (Lipinski definition) is 2. The van der Waals surface area contributed by atoms with Crippen LogP contribution in [-0.4, -0.2) is 11.4 Å². The van der Waals surface area contributed by atoms with Crippen LogP contribution in [-0.2, 0) is 13.1 Å². The molecule has 20 heavy (non-hydrogen) atoms. The lowest BCUT2D eigenvalue weighted by Crippen LogP contribution is -2.22. The van der Waals surface area contributed by atoms with E-state index < -0.39 is 0 Å². The highest BCUT2D eigenvalue weighted by Crippen LogP contribution is 2.09. The summed E-state index contributed by atoms with van der Waals surface area (Å²) in [5, 5.41) is 8.60. The van der Waals surface area contributed by atoms with Gasteiger partial charge in [-0.15, -0.1) is 0 Å². The van der Waals surface area contributed by atoms with Crippen LogP contribution in [0, 0.1) is 11.3 Å². The summed E-state index contributed by atoms with van der Waals surface area (Å²) >= 11 is 0. The highest BCUT2D eigenvalue weighted by Gasteiger charge is 2.05. The second-order valence-electron chi connectivity index (χ2n) is 4.67. The first-order valence-corrected chi connectivity index (χ1v) is 6.73. The van der Waals surface area contributed by atoms with Crippen molar-refractivity contribution in [3.8, 4) is 6.07 Å². The van der Waals surface area contributed by atoms with Gasteiger partial charge in [0.1, 0.15) is 0 Å². The Balaban J connectivity index is 2.04. The average molecular weight is 262 g/mol.